The highest BCUT2D eigenvalue weighted by Gasteiger charge is 2.30. The van der Waals surface area contributed by atoms with E-state index in [1.54, 1.807) is 0 Å². The van der Waals surface area contributed by atoms with Gasteiger partial charge >= 0.3 is 0 Å². The monoisotopic (exact) mass is 303 g/mol. The van der Waals surface area contributed by atoms with E-state index in [0.29, 0.717) is 24.7 Å². The van der Waals surface area contributed by atoms with Crippen molar-refractivity contribution in [3.05, 3.63) is 33.2 Å². The maximum atomic E-state index is 12.8. The fourth-order valence-corrected chi connectivity index (χ4v) is 3.38. The van der Waals surface area contributed by atoms with Crippen molar-refractivity contribution in [1.29, 1.82) is 0 Å². The normalized spacial score (nSPS) is 19.5. The molecule has 1 aliphatic carbocycles. The molecule has 0 bridgehead atoms. The van der Waals surface area contributed by atoms with Crippen molar-refractivity contribution in [3.63, 3.8) is 0 Å². The Morgan fingerprint density at radius 3 is 2.36 bits per heavy atom. The van der Waals surface area contributed by atoms with Crippen LogP contribution in [0.5, 0.6) is 0 Å². The quantitative estimate of drug-likeness (QED) is 0.851. The molecule has 1 aliphatic heterocycles. The Hall–Kier alpha value is -1.62. The highest BCUT2D eigenvalue weighted by Crippen LogP contribution is 2.34. The fraction of sp³-hybridized carbons (Fsp3) is 0.647. The van der Waals surface area contributed by atoms with Crippen molar-refractivity contribution in [2.24, 2.45) is 0 Å². The van der Waals surface area contributed by atoms with Gasteiger partial charge < -0.3 is 14.4 Å². The van der Waals surface area contributed by atoms with Gasteiger partial charge in [0.05, 0.1) is 0 Å². The van der Waals surface area contributed by atoms with Crippen LogP contribution in [0.2, 0.25) is 0 Å². The molecule has 0 unspecified atom stereocenters. The standard InChI is InChI=1S/C17H25N3O2/c1-4-18-7-9-19(10-8-18)16(21)15-12(2)11-13(3)20(17(15)22)14-5-6-14/h11,14H,4-10H2,1-3H3. The lowest BCUT2D eigenvalue weighted by molar-refractivity contribution is 0.0640. The van der Waals surface area contributed by atoms with E-state index in [0.717, 1.165) is 43.7 Å². The van der Waals surface area contributed by atoms with E-state index in [9.17, 15) is 9.59 Å². The van der Waals surface area contributed by atoms with Gasteiger partial charge in [-0.25, -0.2) is 0 Å². The molecule has 5 heteroatoms. The number of nitrogens with zero attached hydrogens (tertiary/aromatic N) is 3. The van der Waals surface area contributed by atoms with Gasteiger partial charge in [0.1, 0.15) is 5.56 Å². The van der Waals surface area contributed by atoms with Crippen molar-refractivity contribution < 1.29 is 4.79 Å². The molecular weight excluding hydrogens is 278 g/mol. The molecule has 3 rings (SSSR count). The Morgan fingerprint density at radius 1 is 1.18 bits per heavy atom. The summed E-state index contributed by atoms with van der Waals surface area (Å²) in [5.74, 6) is -0.0901. The van der Waals surface area contributed by atoms with Crippen LogP contribution in [0.3, 0.4) is 0 Å². The van der Waals surface area contributed by atoms with Crippen LogP contribution in [0, 0.1) is 13.8 Å². The number of amides is 1. The van der Waals surface area contributed by atoms with Crippen LogP contribution in [0.15, 0.2) is 10.9 Å². The van der Waals surface area contributed by atoms with Crippen molar-refractivity contribution in [2.75, 3.05) is 32.7 Å². The van der Waals surface area contributed by atoms with E-state index in [2.05, 4.69) is 11.8 Å². The number of aryl methyl sites for hydroxylation is 2. The molecule has 1 saturated carbocycles. The molecule has 1 aromatic rings. The zero-order valence-corrected chi connectivity index (χ0v) is 13.8. The molecule has 0 radical (unpaired) electrons. The third-order valence-electron chi connectivity index (χ3n) is 4.86. The van der Waals surface area contributed by atoms with Gasteiger partial charge in [0, 0.05) is 37.9 Å². The van der Waals surface area contributed by atoms with Gasteiger partial charge in [0.25, 0.3) is 11.5 Å². The Labute approximate surface area is 131 Å². The van der Waals surface area contributed by atoms with E-state index in [1.165, 1.54) is 0 Å². The minimum Gasteiger partial charge on any atom is -0.336 e. The predicted molar refractivity (Wildman–Crippen MR) is 86.5 cm³/mol. The van der Waals surface area contributed by atoms with Gasteiger partial charge in [0.2, 0.25) is 0 Å². The summed E-state index contributed by atoms with van der Waals surface area (Å²) in [6.45, 7) is 10.2. The first-order valence-electron chi connectivity index (χ1n) is 8.27. The molecule has 0 aromatic carbocycles. The lowest BCUT2D eigenvalue weighted by Gasteiger charge is -2.34. The van der Waals surface area contributed by atoms with Crippen LogP contribution in [0.25, 0.3) is 0 Å². The number of hydrogen-bond acceptors (Lipinski definition) is 3. The second-order valence-corrected chi connectivity index (χ2v) is 6.48. The maximum Gasteiger partial charge on any atom is 0.264 e. The summed E-state index contributed by atoms with van der Waals surface area (Å²) >= 11 is 0. The van der Waals surface area contributed by atoms with Gasteiger partial charge in [-0.15, -0.1) is 0 Å². The van der Waals surface area contributed by atoms with E-state index in [1.807, 2.05) is 29.4 Å². The number of carbonyl (C=O) groups excluding carboxylic acids is 1. The van der Waals surface area contributed by atoms with Crippen LogP contribution in [-0.4, -0.2) is 53.0 Å². The zero-order chi connectivity index (χ0) is 15.9. The first-order chi connectivity index (χ1) is 10.5. The van der Waals surface area contributed by atoms with Crippen LogP contribution < -0.4 is 5.56 Å². The van der Waals surface area contributed by atoms with Gasteiger partial charge in [-0.2, -0.15) is 0 Å². The summed E-state index contributed by atoms with van der Waals surface area (Å²) < 4.78 is 1.82. The SMILES string of the molecule is CCN1CCN(C(=O)c2c(C)cc(C)n(C3CC3)c2=O)CC1. The van der Waals surface area contributed by atoms with E-state index in [4.69, 9.17) is 0 Å². The molecule has 22 heavy (non-hydrogen) atoms. The summed E-state index contributed by atoms with van der Waals surface area (Å²) in [7, 11) is 0. The molecule has 2 aliphatic rings. The first-order valence-corrected chi connectivity index (χ1v) is 8.27. The van der Waals surface area contributed by atoms with Crippen LogP contribution in [-0.2, 0) is 0 Å². The summed E-state index contributed by atoms with van der Waals surface area (Å²) in [5.41, 5.74) is 2.06. The molecule has 1 aromatic heterocycles. The molecule has 2 fully saturated rings. The molecule has 2 heterocycles. The lowest BCUT2D eigenvalue weighted by atomic mass is 10.1. The topological polar surface area (TPSA) is 45.5 Å². The Balaban J connectivity index is 1.90. The van der Waals surface area contributed by atoms with Crippen molar-refractivity contribution in [2.45, 2.75) is 39.7 Å². The van der Waals surface area contributed by atoms with Crippen molar-refractivity contribution in [1.82, 2.24) is 14.4 Å². The number of likely N-dealkylation sites (N-methyl/N-ethyl adjacent to an activating group) is 1. The highest BCUT2D eigenvalue weighted by atomic mass is 16.2. The molecule has 0 N–H and O–H groups in total. The number of rotatable bonds is 3. The summed E-state index contributed by atoms with van der Waals surface area (Å²) in [6, 6.07) is 2.28. The maximum absolute atomic E-state index is 12.8. The van der Waals surface area contributed by atoms with E-state index < -0.39 is 0 Å². The number of hydrogen-bond donors (Lipinski definition) is 0. The first kappa shape index (κ1) is 15.3. The lowest BCUT2D eigenvalue weighted by Crippen LogP contribution is -2.49. The molecule has 5 nitrogen and oxygen atoms in total. The molecule has 120 valence electrons. The zero-order valence-electron chi connectivity index (χ0n) is 13.8. The van der Waals surface area contributed by atoms with Crippen LogP contribution >= 0.6 is 0 Å². The molecule has 0 atom stereocenters. The highest BCUT2D eigenvalue weighted by molar-refractivity contribution is 5.95. The van der Waals surface area contributed by atoms with E-state index >= 15 is 0 Å². The number of pyridine rings is 1. The Kier molecular flexibility index (Phi) is 4.08. The van der Waals surface area contributed by atoms with Gasteiger partial charge in [-0.1, -0.05) is 6.92 Å². The summed E-state index contributed by atoms with van der Waals surface area (Å²) in [5, 5.41) is 0. The third-order valence-corrected chi connectivity index (χ3v) is 4.86. The minimum atomic E-state index is -0.0945. The van der Waals surface area contributed by atoms with E-state index in [-0.39, 0.29) is 11.5 Å². The second kappa shape index (κ2) is 5.88. The Bertz CT molecular complexity index is 638. The molecule has 0 spiro atoms. The average Bonchev–Trinajstić information content (AvgIpc) is 3.31. The number of piperazine rings is 1. The van der Waals surface area contributed by atoms with Crippen LogP contribution in [0.1, 0.15) is 47.4 Å². The largest absolute Gasteiger partial charge is 0.336 e. The fourth-order valence-electron chi connectivity index (χ4n) is 3.38. The minimum absolute atomic E-state index is 0.0901. The smallest absolute Gasteiger partial charge is 0.264 e. The van der Waals surface area contributed by atoms with Crippen LogP contribution in [0.4, 0.5) is 0 Å². The molecular formula is C17H25N3O2. The summed E-state index contributed by atoms with van der Waals surface area (Å²) in [6.07, 6.45) is 2.10. The second-order valence-electron chi connectivity index (χ2n) is 6.48. The predicted octanol–water partition coefficient (Wildman–Crippen LogP) is 1.58. The molecule has 1 amide bonds. The van der Waals surface area contributed by atoms with Crippen molar-refractivity contribution >= 4 is 5.91 Å². The van der Waals surface area contributed by atoms with Gasteiger partial charge in [0.15, 0.2) is 0 Å². The van der Waals surface area contributed by atoms with Gasteiger partial charge in [-0.3, -0.25) is 9.59 Å². The molecule has 1 saturated heterocycles. The number of carbonyl (C=O) groups is 1. The van der Waals surface area contributed by atoms with Gasteiger partial charge in [-0.05, 0) is 44.9 Å². The third kappa shape index (κ3) is 2.70. The number of aromatic nitrogens is 1. The average molecular weight is 303 g/mol. The summed E-state index contributed by atoms with van der Waals surface area (Å²) in [4.78, 5) is 29.8. The Morgan fingerprint density at radius 2 is 1.82 bits per heavy atom. The van der Waals surface area contributed by atoms with Crippen molar-refractivity contribution in [3.8, 4) is 0 Å².